The predicted octanol–water partition coefficient (Wildman–Crippen LogP) is 0.262. The van der Waals surface area contributed by atoms with Crippen LogP contribution in [0.5, 0.6) is 0 Å². The molecule has 6 nitrogen and oxygen atoms in total. The molecule has 116 valence electrons. The van der Waals surface area contributed by atoms with E-state index in [1.807, 2.05) is 0 Å². The number of carbonyl (C=O) groups is 1. The minimum absolute atomic E-state index is 0.166. The second-order valence-electron chi connectivity index (χ2n) is 5.41. The third-order valence-corrected chi connectivity index (χ3v) is 3.86. The fourth-order valence-corrected chi connectivity index (χ4v) is 2.63. The molecule has 1 aliphatic heterocycles. The Balaban J connectivity index is 1.92. The molecule has 1 aliphatic rings. The second-order valence-corrected chi connectivity index (χ2v) is 5.41. The van der Waals surface area contributed by atoms with E-state index in [2.05, 4.69) is 9.88 Å². The van der Waals surface area contributed by atoms with Crippen LogP contribution >= 0.6 is 0 Å². The van der Waals surface area contributed by atoms with Crippen molar-refractivity contribution in [2.24, 2.45) is 5.73 Å². The lowest BCUT2D eigenvalue weighted by molar-refractivity contribution is 0.0759. The number of pyridine rings is 1. The average Bonchev–Trinajstić information content (AvgIpc) is 2.73. The van der Waals surface area contributed by atoms with Crippen molar-refractivity contribution in [3.05, 3.63) is 34.2 Å². The maximum absolute atomic E-state index is 12.4. The predicted molar refractivity (Wildman–Crippen MR) is 82.3 cm³/mol. The monoisotopic (exact) mass is 292 g/mol. The smallest absolute Gasteiger partial charge is 0.259 e. The standard InChI is InChI=1S/C15H24N4O2/c16-5-1-2-7-18-8-3-9-19(11-10-18)15(21)13-12-17-6-4-14(13)20/h4,6,12H,1-3,5,7-11,16H2,(H,17,20). The van der Waals surface area contributed by atoms with Crippen LogP contribution in [0.3, 0.4) is 0 Å². The third kappa shape index (κ3) is 4.41. The number of H-pyrrole nitrogens is 1. The van der Waals surface area contributed by atoms with Crippen LogP contribution in [-0.4, -0.2) is 60.0 Å². The molecular weight excluding hydrogens is 268 g/mol. The van der Waals surface area contributed by atoms with Gasteiger partial charge in [0.05, 0.1) is 0 Å². The molecule has 0 saturated carbocycles. The highest BCUT2D eigenvalue weighted by Crippen LogP contribution is 2.07. The van der Waals surface area contributed by atoms with Crippen LogP contribution in [-0.2, 0) is 0 Å². The first-order valence-corrected chi connectivity index (χ1v) is 7.61. The Labute approximate surface area is 124 Å². The molecule has 1 aromatic heterocycles. The molecule has 1 saturated heterocycles. The van der Waals surface area contributed by atoms with Gasteiger partial charge in [0.25, 0.3) is 5.91 Å². The SMILES string of the molecule is NCCCCN1CCCN(C(=O)c2c[nH]ccc2=O)CC1. The van der Waals surface area contributed by atoms with Crippen LogP contribution < -0.4 is 11.2 Å². The van der Waals surface area contributed by atoms with E-state index in [0.717, 1.165) is 45.4 Å². The second kappa shape index (κ2) is 7.95. The third-order valence-electron chi connectivity index (χ3n) is 3.86. The number of aromatic amines is 1. The van der Waals surface area contributed by atoms with E-state index < -0.39 is 0 Å². The molecule has 1 fully saturated rings. The molecule has 6 heteroatoms. The highest BCUT2D eigenvalue weighted by atomic mass is 16.2. The summed E-state index contributed by atoms with van der Waals surface area (Å²) in [6, 6.07) is 1.39. The highest BCUT2D eigenvalue weighted by Gasteiger charge is 2.21. The number of nitrogens with two attached hydrogens (primary N) is 1. The molecule has 0 atom stereocenters. The fraction of sp³-hybridized carbons (Fsp3) is 0.600. The van der Waals surface area contributed by atoms with E-state index in [4.69, 9.17) is 5.73 Å². The molecule has 2 rings (SSSR count). The number of nitrogens with zero attached hydrogens (tertiary/aromatic N) is 2. The summed E-state index contributed by atoms with van der Waals surface area (Å²) >= 11 is 0. The maximum atomic E-state index is 12.4. The largest absolute Gasteiger partial charge is 0.367 e. The Hall–Kier alpha value is -1.66. The number of hydrogen-bond donors (Lipinski definition) is 2. The molecule has 0 bridgehead atoms. The normalized spacial score (nSPS) is 16.7. The Kier molecular flexibility index (Phi) is 5.95. The quantitative estimate of drug-likeness (QED) is 0.763. The summed E-state index contributed by atoms with van der Waals surface area (Å²) < 4.78 is 0. The summed E-state index contributed by atoms with van der Waals surface area (Å²) in [6.45, 7) is 5.01. The van der Waals surface area contributed by atoms with Gasteiger partial charge in [-0.25, -0.2) is 0 Å². The van der Waals surface area contributed by atoms with Crippen molar-refractivity contribution in [2.45, 2.75) is 19.3 Å². The van der Waals surface area contributed by atoms with E-state index in [0.29, 0.717) is 13.1 Å². The molecule has 0 aliphatic carbocycles. The van der Waals surface area contributed by atoms with Crippen LogP contribution in [0.15, 0.2) is 23.3 Å². The van der Waals surface area contributed by atoms with E-state index in [-0.39, 0.29) is 16.9 Å². The van der Waals surface area contributed by atoms with Gasteiger partial charge in [0.1, 0.15) is 5.56 Å². The minimum Gasteiger partial charge on any atom is -0.367 e. The lowest BCUT2D eigenvalue weighted by atomic mass is 10.2. The Bertz CT molecular complexity index is 514. The highest BCUT2D eigenvalue weighted by molar-refractivity contribution is 5.93. The zero-order valence-electron chi connectivity index (χ0n) is 12.4. The molecule has 0 unspecified atom stereocenters. The van der Waals surface area contributed by atoms with Crippen molar-refractivity contribution >= 4 is 5.91 Å². The average molecular weight is 292 g/mol. The number of aromatic nitrogens is 1. The molecular formula is C15H24N4O2. The van der Waals surface area contributed by atoms with Crippen molar-refractivity contribution < 1.29 is 4.79 Å². The zero-order chi connectivity index (χ0) is 15.1. The van der Waals surface area contributed by atoms with Gasteiger partial charge < -0.3 is 20.5 Å². The van der Waals surface area contributed by atoms with Crippen LogP contribution in [0.1, 0.15) is 29.6 Å². The summed E-state index contributed by atoms with van der Waals surface area (Å²) in [5.74, 6) is -0.166. The van der Waals surface area contributed by atoms with Gasteiger partial charge in [-0.1, -0.05) is 0 Å². The molecule has 1 amide bonds. The van der Waals surface area contributed by atoms with Gasteiger partial charge >= 0.3 is 0 Å². The first kappa shape index (κ1) is 15.7. The first-order valence-electron chi connectivity index (χ1n) is 7.61. The molecule has 0 radical (unpaired) electrons. The summed E-state index contributed by atoms with van der Waals surface area (Å²) in [5.41, 5.74) is 5.52. The number of amides is 1. The van der Waals surface area contributed by atoms with Gasteiger partial charge in [0, 0.05) is 38.1 Å². The molecule has 21 heavy (non-hydrogen) atoms. The van der Waals surface area contributed by atoms with Gasteiger partial charge in [-0.2, -0.15) is 0 Å². The van der Waals surface area contributed by atoms with Crippen LogP contribution in [0.25, 0.3) is 0 Å². The van der Waals surface area contributed by atoms with Crippen molar-refractivity contribution in [3.63, 3.8) is 0 Å². The van der Waals surface area contributed by atoms with E-state index in [1.54, 1.807) is 11.1 Å². The first-order chi connectivity index (χ1) is 10.2. The van der Waals surface area contributed by atoms with Crippen LogP contribution in [0, 0.1) is 0 Å². The molecule has 0 aromatic carbocycles. The van der Waals surface area contributed by atoms with Crippen LogP contribution in [0.2, 0.25) is 0 Å². The summed E-state index contributed by atoms with van der Waals surface area (Å²) in [4.78, 5) is 31.1. The molecule has 0 spiro atoms. The maximum Gasteiger partial charge on any atom is 0.259 e. The number of carbonyl (C=O) groups excluding carboxylic acids is 1. The number of rotatable bonds is 5. The van der Waals surface area contributed by atoms with E-state index in [9.17, 15) is 9.59 Å². The minimum atomic E-state index is -0.220. The summed E-state index contributed by atoms with van der Waals surface area (Å²) in [6.07, 6.45) is 6.12. The van der Waals surface area contributed by atoms with Gasteiger partial charge in [-0.3, -0.25) is 9.59 Å². The lowest BCUT2D eigenvalue weighted by Crippen LogP contribution is -2.37. The number of unbranched alkanes of at least 4 members (excludes halogenated alkanes) is 1. The van der Waals surface area contributed by atoms with Gasteiger partial charge in [-0.05, 0) is 38.9 Å². The van der Waals surface area contributed by atoms with Gasteiger partial charge in [0.2, 0.25) is 0 Å². The van der Waals surface area contributed by atoms with E-state index >= 15 is 0 Å². The van der Waals surface area contributed by atoms with Crippen molar-refractivity contribution in [1.29, 1.82) is 0 Å². The van der Waals surface area contributed by atoms with Crippen molar-refractivity contribution in [3.8, 4) is 0 Å². The topological polar surface area (TPSA) is 82.4 Å². The summed E-state index contributed by atoms with van der Waals surface area (Å²) in [7, 11) is 0. The van der Waals surface area contributed by atoms with Crippen LogP contribution in [0.4, 0.5) is 0 Å². The van der Waals surface area contributed by atoms with Gasteiger partial charge in [-0.15, -0.1) is 0 Å². The van der Waals surface area contributed by atoms with Gasteiger partial charge in [0.15, 0.2) is 5.43 Å². The van der Waals surface area contributed by atoms with Crippen molar-refractivity contribution in [2.75, 3.05) is 39.3 Å². The molecule has 1 aromatic rings. The number of hydrogen-bond acceptors (Lipinski definition) is 4. The fourth-order valence-electron chi connectivity index (χ4n) is 2.63. The Morgan fingerprint density at radius 1 is 1.24 bits per heavy atom. The molecule has 3 N–H and O–H groups in total. The Morgan fingerprint density at radius 3 is 2.86 bits per heavy atom. The van der Waals surface area contributed by atoms with Crippen molar-refractivity contribution in [1.82, 2.24) is 14.8 Å². The van der Waals surface area contributed by atoms with E-state index in [1.165, 1.54) is 12.3 Å². The zero-order valence-corrected chi connectivity index (χ0v) is 12.4. The number of nitrogens with one attached hydrogen (secondary N) is 1. The summed E-state index contributed by atoms with van der Waals surface area (Å²) in [5, 5.41) is 0. The molecule has 2 heterocycles. The Morgan fingerprint density at radius 2 is 2.10 bits per heavy atom. The lowest BCUT2D eigenvalue weighted by Gasteiger charge is -2.21.